The summed E-state index contributed by atoms with van der Waals surface area (Å²) in [7, 11) is 0. The molecule has 1 aromatic heterocycles. The summed E-state index contributed by atoms with van der Waals surface area (Å²) in [6.07, 6.45) is 7.30. The van der Waals surface area contributed by atoms with Crippen molar-refractivity contribution >= 4 is 21.7 Å². The first-order valence-electron chi connectivity index (χ1n) is 6.06. The molecule has 0 spiro atoms. The van der Waals surface area contributed by atoms with Gasteiger partial charge in [0.25, 0.3) is 0 Å². The predicted octanol–water partition coefficient (Wildman–Crippen LogP) is 3.53. The summed E-state index contributed by atoms with van der Waals surface area (Å²) < 4.78 is 0. The van der Waals surface area contributed by atoms with E-state index in [9.17, 15) is 0 Å². The second kappa shape index (κ2) is 5.67. The van der Waals surface area contributed by atoms with E-state index < -0.39 is 0 Å². The minimum absolute atomic E-state index is 0.701. The molecular formula is C13H19BrN2. The van der Waals surface area contributed by atoms with Gasteiger partial charge in [-0.1, -0.05) is 28.8 Å². The molecule has 1 aromatic rings. The lowest BCUT2D eigenvalue weighted by molar-refractivity contribution is 0.616. The number of aromatic nitrogens is 1. The van der Waals surface area contributed by atoms with Crippen LogP contribution in [0.25, 0.3) is 0 Å². The number of hydrogen-bond donors (Lipinski definition) is 0. The van der Waals surface area contributed by atoms with Gasteiger partial charge in [-0.25, -0.2) is 4.98 Å². The highest BCUT2D eigenvalue weighted by molar-refractivity contribution is 9.09. The molecule has 2 nitrogen and oxygen atoms in total. The van der Waals surface area contributed by atoms with Gasteiger partial charge in [-0.3, -0.25) is 0 Å². The molecule has 2 rings (SSSR count). The monoisotopic (exact) mass is 282 g/mol. The van der Waals surface area contributed by atoms with Gasteiger partial charge in [0, 0.05) is 24.1 Å². The van der Waals surface area contributed by atoms with Gasteiger partial charge in [-0.15, -0.1) is 0 Å². The van der Waals surface area contributed by atoms with Gasteiger partial charge in [0.2, 0.25) is 0 Å². The number of alkyl halides is 1. The Kier molecular flexibility index (Phi) is 4.22. The van der Waals surface area contributed by atoms with Crippen LogP contribution in [0.2, 0.25) is 0 Å². The molecule has 0 radical (unpaired) electrons. The quantitative estimate of drug-likeness (QED) is 0.786. The van der Waals surface area contributed by atoms with E-state index in [1.165, 1.54) is 31.2 Å². The van der Waals surface area contributed by atoms with E-state index in [4.69, 9.17) is 0 Å². The SMILES string of the molecule is Cc1ccnc(N(CCBr)C2CCCC2)c1. The van der Waals surface area contributed by atoms with Crippen LogP contribution < -0.4 is 4.90 Å². The van der Waals surface area contributed by atoms with Crippen LogP contribution in [0.4, 0.5) is 5.82 Å². The minimum Gasteiger partial charge on any atom is -0.353 e. The Labute approximate surface area is 106 Å². The lowest BCUT2D eigenvalue weighted by Gasteiger charge is -2.29. The maximum Gasteiger partial charge on any atom is 0.129 e. The normalized spacial score (nSPS) is 16.6. The van der Waals surface area contributed by atoms with Crippen molar-refractivity contribution in [2.45, 2.75) is 38.6 Å². The van der Waals surface area contributed by atoms with Crippen LogP contribution in [0.1, 0.15) is 31.2 Å². The van der Waals surface area contributed by atoms with Crippen LogP contribution in [0, 0.1) is 6.92 Å². The molecule has 0 N–H and O–H groups in total. The topological polar surface area (TPSA) is 16.1 Å². The van der Waals surface area contributed by atoms with Gasteiger partial charge in [-0.05, 0) is 37.5 Å². The molecule has 1 aliphatic carbocycles. The lowest BCUT2D eigenvalue weighted by atomic mass is 10.2. The van der Waals surface area contributed by atoms with E-state index in [-0.39, 0.29) is 0 Å². The van der Waals surface area contributed by atoms with Crippen LogP contribution in [-0.4, -0.2) is 22.9 Å². The number of nitrogens with zero attached hydrogens (tertiary/aromatic N) is 2. The van der Waals surface area contributed by atoms with Gasteiger partial charge in [0.1, 0.15) is 5.82 Å². The zero-order valence-electron chi connectivity index (χ0n) is 9.82. The number of halogens is 1. The lowest BCUT2D eigenvalue weighted by Crippen LogP contribution is -2.35. The molecule has 1 heterocycles. The van der Waals surface area contributed by atoms with E-state index in [1.807, 2.05) is 6.20 Å². The summed E-state index contributed by atoms with van der Waals surface area (Å²) in [6.45, 7) is 3.19. The van der Waals surface area contributed by atoms with Gasteiger partial charge in [0.05, 0.1) is 0 Å². The smallest absolute Gasteiger partial charge is 0.129 e. The molecule has 1 fully saturated rings. The Morgan fingerprint density at radius 2 is 2.19 bits per heavy atom. The molecular weight excluding hydrogens is 264 g/mol. The Hall–Kier alpha value is -0.570. The Morgan fingerprint density at radius 1 is 1.44 bits per heavy atom. The summed E-state index contributed by atoms with van der Waals surface area (Å²) in [4.78, 5) is 6.98. The highest BCUT2D eigenvalue weighted by Gasteiger charge is 2.23. The molecule has 0 aromatic carbocycles. The fourth-order valence-corrected chi connectivity index (χ4v) is 2.85. The van der Waals surface area contributed by atoms with Crippen LogP contribution in [-0.2, 0) is 0 Å². The van der Waals surface area contributed by atoms with Crippen LogP contribution in [0.3, 0.4) is 0 Å². The average Bonchev–Trinajstić information content (AvgIpc) is 2.79. The molecule has 0 atom stereocenters. The van der Waals surface area contributed by atoms with E-state index >= 15 is 0 Å². The summed E-state index contributed by atoms with van der Waals surface area (Å²) in [5.41, 5.74) is 1.29. The molecule has 16 heavy (non-hydrogen) atoms. The molecule has 88 valence electrons. The van der Waals surface area contributed by atoms with Crippen LogP contribution in [0.5, 0.6) is 0 Å². The Morgan fingerprint density at radius 3 is 2.81 bits per heavy atom. The molecule has 1 saturated carbocycles. The average molecular weight is 283 g/mol. The van der Waals surface area contributed by atoms with Crippen molar-refractivity contribution in [2.24, 2.45) is 0 Å². The molecule has 0 saturated heterocycles. The standard InChI is InChI=1S/C13H19BrN2/c1-11-6-8-15-13(10-11)16(9-7-14)12-4-2-3-5-12/h6,8,10,12H,2-5,7,9H2,1H3. The first kappa shape index (κ1) is 11.9. The van der Waals surface area contributed by atoms with E-state index in [2.05, 4.69) is 44.9 Å². The number of aryl methyl sites for hydroxylation is 1. The van der Waals surface area contributed by atoms with Gasteiger partial charge in [0.15, 0.2) is 0 Å². The second-order valence-electron chi connectivity index (χ2n) is 4.51. The first-order valence-corrected chi connectivity index (χ1v) is 7.18. The maximum atomic E-state index is 4.51. The molecule has 1 aliphatic rings. The minimum atomic E-state index is 0.701. The van der Waals surface area contributed by atoms with E-state index in [0.717, 1.165) is 17.7 Å². The third-order valence-electron chi connectivity index (χ3n) is 3.29. The van der Waals surface area contributed by atoms with E-state index in [0.29, 0.717) is 6.04 Å². The number of hydrogen-bond acceptors (Lipinski definition) is 2. The summed E-state index contributed by atoms with van der Waals surface area (Å²) >= 11 is 3.54. The van der Waals surface area contributed by atoms with Crippen molar-refractivity contribution in [3.05, 3.63) is 23.9 Å². The fraction of sp³-hybridized carbons (Fsp3) is 0.615. The maximum absolute atomic E-state index is 4.51. The zero-order chi connectivity index (χ0) is 11.4. The summed E-state index contributed by atoms with van der Waals surface area (Å²) in [5, 5.41) is 1.01. The summed E-state index contributed by atoms with van der Waals surface area (Å²) in [6, 6.07) is 4.96. The number of rotatable bonds is 4. The van der Waals surface area contributed by atoms with Crippen molar-refractivity contribution in [3.63, 3.8) is 0 Å². The van der Waals surface area contributed by atoms with E-state index in [1.54, 1.807) is 0 Å². The van der Waals surface area contributed by atoms with Gasteiger partial charge in [-0.2, -0.15) is 0 Å². The van der Waals surface area contributed by atoms with Gasteiger partial charge >= 0.3 is 0 Å². The second-order valence-corrected chi connectivity index (χ2v) is 5.31. The largest absolute Gasteiger partial charge is 0.353 e. The molecule has 3 heteroatoms. The third kappa shape index (κ3) is 2.76. The van der Waals surface area contributed by atoms with Crippen LogP contribution in [0.15, 0.2) is 18.3 Å². The molecule has 0 aliphatic heterocycles. The van der Waals surface area contributed by atoms with Crippen molar-refractivity contribution in [2.75, 3.05) is 16.8 Å². The number of pyridine rings is 1. The Balaban J connectivity index is 2.17. The summed E-state index contributed by atoms with van der Waals surface area (Å²) in [5.74, 6) is 1.14. The molecule has 0 unspecified atom stereocenters. The molecule has 0 bridgehead atoms. The van der Waals surface area contributed by atoms with Crippen molar-refractivity contribution in [1.29, 1.82) is 0 Å². The zero-order valence-corrected chi connectivity index (χ0v) is 11.4. The van der Waals surface area contributed by atoms with Gasteiger partial charge < -0.3 is 4.90 Å². The fourth-order valence-electron chi connectivity index (χ4n) is 2.47. The van der Waals surface area contributed by atoms with Crippen LogP contribution >= 0.6 is 15.9 Å². The Bertz CT molecular complexity index is 334. The first-order chi connectivity index (χ1) is 7.81. The highest BCUT2D eigenvalue weighted by Crippen LogP contribution is 2.27. The van der Waals surface area contributed by atoms with Crippen molar-refractivity contribution < 1.29 is 0 Å². The predicted molar refractivity (Wildman–Crippen MR) is 72.4 cm³/mol. The van der Waals surface area contributed by atoms with Crippen molar-refractivity contribution in [1.82, 2.24) is 4.98 Å². The number of anilines is 1. The highest BCUT2D eigenvalue weighted by atomic mass is 79.9. The molecule has 0 amide bonds. The van der Waals surface area contributed by atoms with Crippen molar-refractivity contribution in [3.8, 4) is 0 Å². The third-order valence-corrected chi connectivity index (χ3v) is 3.64.